The molecule has 0 aromatic heterocycles. The van der Waals surface area contributed by atoms with Crippen molar-refractivity contribution in [1.29, 1.82) is 0 Å². The second-order valence-corrected chi connectivity index (χ2v) is 5.90. The lowest BCUT2D eigenvalue weighted by Gasteiger charge is -2.20. The summed E-state index contributed by atoms with van der Waals surface area (Å²) in [7, 11) is -3.30. The second-order valence-electron chi connectivity index (χ2n) is 4.14. The predicted molar refractivity (Wildman–Crippen MR) is 60.6 cm³/mol. The minimum absolute atomic E-state index is 0.147. The van der Waals surface area contributed by atoms with E-state index in [4.69, 9.17) is 5.73 Å². The van der Waals surface area contributed by atoms with E-state index in [1.54, 1.807) is 6.92 Å². The van der Waals surface area contributed by atoms with Gasteiger partial charge in [0.2, 0.25) is 0 Å². The fraction of sp³-hybridized carbons (Fsp3) is 1.00. The van der Waals surface area contributed by atoms with Gasteiger partial charge in [-0.15, -0.1) is 0 Å². The van der Waals surface area contributed by atoms with Gasteiger partial charge in [0.15, 0.2) is 0 Å². The quantitative estimate of drug-likeness (QED) is 0.722. The molecule has 1 aliphatic heterocycles. The fourth-order valence-electron chi connectivity index (χ4n) is 1.61. The van der Waals surface area contributed by atoms with E-state index < -0.39 is 10.2 Å². The maximum atomic E-state index is 11.8. The minimum atomic E-state index is -3.30. The molecule has 0 aromatic rings. The topological polar surface area (TPSA) is 75.4 Å². The third kappa shape index (κ3) is 4.46. The van der Waals surface area contributed by atoms with E-state index >= 15 is 0 Å². The van der Waals surface area contributed by atoms with Crippen LogP contribution < -0.4 is 10.5 Å². The molecule has 1 unspecified atom stereocenters. The molecule has 0 saturated carbocycles. The largest absolute Gasteiger partial charge is 0.327 e. The standard InChI is InChI=1S/C9H21N3O2S/c1-9(10)8-11-15(13,14)12-6-4-2-3-5-7-12/h9,11H,2-8,10H2,1H3. The van der Waals surface area contributed by atoms with Gasteiger partial charge in [0.05, 0.1) is 0 Å². The zero-order valence-electron chi connectivity index (χ0n) is 9.28. The highest BCUT2D eigenvalue weighted by atomic mass is 32.2. The number of hydrogen-bond donors (Lipinski definition) is 2. The smallest absolute Gasteiger partial charge is 0.279 e. The van der Waals surface area contributed by atoms with Crippen LogP contribution in [0.4, 0.5) is 0 Å². The normalized spacial score (nSPS) is 22.3. The first-order valence-corrected chi connectivity index (χ1v) is 6.97. The van der Waals surface area contributed by atoms with Gasteiger partial charge in [-0.3, -0.25) is 0 Å². The van der Waals surface area contributed by atoms with Crippen LogP contribution in [-0.2, 0) is 10.2 Å². The van der Waals surface area contributed by atoms with Crippen LogP contribution in [0.15, 0.2) is 0 Å². The van der Waals surface area contributed by atoms with E-state index in [9.17, 15) is 8.42 Å². The molecule has 15 heavy (non-hydrogen) atoms. The van der Waals surface area contributed by atoms with Gasteiger partial charge in [0.25, 0.3) is 10.2 Å². The van der Waals surface area contributed by atoms with Crippen LogP contribution in [0.5, 0.6) is 0 Å². The lowest BCUT2D eigenvalue weighted by Crippen LogP contribution is -2.44. The van der Waals surface area contributed by atoms with E-state index in [1.807, 2.05) is 0 Å². The Balaban J connectivity index is 2.51. The monoisotopic (exact) mass is 235 g/mol. The lowest BCUT2D eigenvalue weighted by atomic mass is 10.2. The molecule has 0 aliphatic carbocycles. The van der Waals surface area contributed by atoms with Gasteiger partial charge in [-0.2, -0.15) is 12.7 Å². The van der Waals surface area contributed by atoms with Gasteiger partial charge in [-0.05, 0) is 19.8 Å². The number of hydrogen-bond acceptors (Lipinski definition) is 3. The highest BCUT2D eigenvalue weighted by Crippen LogP contribution is 2.12. The number of nitrogens with two attached hydrogens (primary N) is 1. The van der Waals surface area contributed by atoms with Crippen LogP contribution in [0.2, 0.25) is 0 Å². The maximum absolute atomic E-state index is 11.8. The van der Waals surface area contributed by atoms with Crippen molar-refractivity contribution < 1.29 is 8.42 Å². The van der Waals surface area contributed by atoms with Crippen molar-refractivity contribution in [3.05, 3.63) is 0 Å². The SMILES string of the molecule is CC(N)CNS(=O)(=O)N1CCCCCC1. The number of rotatable bonds is 4. The summed E-state index contributed by atoms with van der Waals surface area (Å²) in [6.07, 6.45) is 4.16. The lowest BCUT2D eigenvalue weighted by molar-refractivity contribution is 0.413. The summed E-state index contributed by atoms with van der Waals surface area (Å²) in [5.74, 6) is 0. The molecule has 0 amide bonds. The van der Waals surface area contributed by atoms with E-state index in [1.165, 1.54) is 4.31 Å². The summed E-state index contributed by atoms with van der Waals surface area (Å²) in [6.45, 7) is 3.35. The zero-order valence-corrected chi connectivity index (χ0v) is 10.1. The highest BCUT2D eigenvalue weighted by Gasteiger charge is 2.22. The third-order valence-corrected chi connectivity index (χ3v) is 4.07. The Bertz CT molecular complexity index is 269. The first-order valence-electron chi connectivity index (χ1n) is 5.52. The third-order valence-electron chi connectivity index (χ3n) is 2.49. The van der Waals surface area contributed by atoms with Crippen LogP contribution in [0.25, 0.3) is 0 Å². The van der Waals surface area contributed by atoms with Crippen molar-refractivity contribution in [2.24, 2.45) is 5.73 Å². The Morgan fingerprint density at radius 2 is 1.80 bits per heavy atom. The first kappa shape index (κ1) is 12.9. The minimum Gasteiger partial charge on any atom is -0.327 e. The summed E-state index contributed by atoms with van der Waals surface area (Å²) < 4.78 is 27.7. The van der Waals surface area contributed by atoms with E-state index in [0.29, 0.717) is 19.6 Å². The van der Waals surface area contributed by atoms with E-state index in [-0.39, 0.29) is 6.04 Å². The first-order chi connectivity index (χ1) is 7.02. The molecule has 0 radical (unpaired) electrons. The number of nitrogens with zero attached hydrogens (tertiary/aromatic N) is 1. The zero-order chi connectivity index (χ0) is 11.3. The molecule has 90 valence electrons. The summed E-state index contributed by atoms with van der Waals surface area (Å²) in [5, 5.41) is 0. The number of nitrogens with one attached hydrogen (secondary N) is 1. The van der Waals surface area contributed by atoms with Crippen LogP contribution in [0.1, 0.15) is 32.6 Å². The molecular weight excluding hydrogens is 214 g/mol. The van der Waals surface area contributed by atoms with Crippen molar-refractivity contribution in [3.63, 3.8) is 0 Å². The molecule has 5 nitrogen and oxygen atoms in total. The molecule has 0 aromatic carbocycles. The van der Waals surface area contributed by atoms with E-state index in [0.717, 1.165) is 25.7 Å². The average molecular weight is 235 g/mol. The molecule has 1 atom stereocenters. The van der Waals surface area contributed by atoms with Crippen molar-refractivity contribution >= 4 is 10.2 Å². The summed E-state index contributed by atoms with van der Waals surface area (Å²) in [5.41, 5.74) is 5.51. The molecule has 1 aliphatic rings. The predicted octanol–water partition coefficient (Wildman–Crippen LogP) is 0.0440. The van der Waals surface area contributed by atoms with Gasteiger partial charge < -0.3 is 5.73 Å². The molecule has 1 fully saturated rings. The van der Waals surface area contributed by atoms with Crippen LogP contribution in [0.3, 0.4) is 0 Å². The van der Waals surface area contributed by atoms with Gasteiger partial charge in [0, 0.05) is 25.7 Å². The molecule has 6 heteroatoms. The van der Waals surface area contributed by atoms with Gasteiger partial charge in [-0.25, -0.2) is 4.72 Å². The molecule has 1 heterocycles. The van der Waals surface area contributed by atoms with Crippen LogP contribution in [0, 0.1) is 0 Å². The summed E-state index contributed by atoms with van der Waals surface area (Å²) in [6, 6.07) is -0.147. The van der Waals surface area contributed by atoms with Crippen molar-refractivity contribution in [2.45, 2.75) is 38.6 Å². The van der Waals surface area contributed by atoms with Crippen molar-refractivity contribution in [2.75, 3.05) is 19.6 Å². The molecule has 1 rings (SSSR count). The molecule has 0 bridgehead atoms. The summed E-state index contributed by atoms with van der Waals surface area (Å²) >= 11 is 0. The second kappa shape index (κ2) is 5.79. The Labute approximate surface area is 92.2 Å². The molecular formula is C9H21N3O2S. The average Bonchev–Trinajstić information content (AvgIpc) is 2.43. The molecule has 3 N–H and O–H groups in total. The van der Waals surface area contributed by atoms with E-state index in [2.05, 4.69) is 4.72 Å². The highest BCUT2D eigenvalue weighted by molar-refractivity contribution is 7.87. The molecule has 1 saturated heterocycles. The Morgan fingerprint density at radius 3 is 2.27 bits per heavy atom. The Morgan fingerprint density at radius 1 is 1.27 bits per heavy atom. The summed E-state index contributed by atoms with van der Waals surface area (Å²) in [4.78, 5) is 0. The van der Waals surface area contributed by atoms with Crippen LogP contribution in [-0.4, -0.2) is 38.4 Å². The Kier molecular flexibility index (Phi) is 4.98. The van der Waals surface area contributed by atoms with Crippen molar-refractivity contribution in [1.82, 2.24) is 9.03 Å². The van der Waals surface area contributed by atoms with Gasteiger partial charge in [0.1, 0.15) is 0 Å². The van der Waals surface area contributed by atoms with Crippen molar-refractivity contribution in [3.8, 4) is 0 Å². The molecule has 0 spiro atoms. The van der Waals surface area contributed by atoms with Gasteiger partial charge >= 0.3 is 0 Å². The van der Waals surface area contributed by atoms with Crippen LogP contribution >= 0.6 is 0 Å². The Hall–Kier alpha value is -0.170. The maximum Gasteiger partial charge on any atom is 0.279 e. The fourth-order valence-corrected chi connectivity index (χ4v) is 3.01. The van der Waals surface area contributed by atoms with Gasteiger partial charge in [-0.1, -0.05) is 12.8 Å².